The van der Waals surface area contributed by atoms with Crippen molar-refractivity contribution in [1.29, 1.82) is 0 Å². The molecule has 2 rings (SSSR count). The van der Waals surface area contributed by atoms with Gasteiger partial charge in [-0.2, -0.15) is 0 Å². The highest BCUT2D eigenvalue weighted by atomic mass is 16.6. The predicted molar refractivity (Wildman–Crippen MR) is 144 cm³/mol. The van der Waals surface area contributed by atoms with E-state index in [1.807, 2.05) is 0 Å². The molecular weight excluding hydrogens is 492 g/mol. The first-order chi connectivity index (χ1) is 18.7. The average Bonchev–Trinajstić information content (AvgIpc) is 2.87. The highest BCUT2D eigenvalue weighted by Gasteiger charge is 2.15. The van der Waals surface area contributed by atoms with E-state index < -0.39 is 0 Å². The summed E-state index contributed by atoms with van der Waals surface area (Å²) in [6.07, 6.45) is 17.6. The van der Waals surface area contributed by atoms with Gasteiger partial charge >= 0.3 is 12.2 Å². The molecule has 0 aromatic heterocycles. The number of hydrogen-bond acceptors (Lipinski definition) is 8. The van der Waals surface area contributed by atoms with Crippen molar-refractivity contribution in [3.05, 3.63) is 24.3 Å². The van der Waals surface area contributed by atoms with Crippen molar-refractivity contribution >= 4 is 12.2 Å². The number of alkyl carbamates (subject to hydrolysis) is 2. The third kappa shape index (κ3) is 18.2. The number of nitrogens with one attached hydrogen (secondary N) is 2. The minimum Gasteiger partial charge on any atom is -0.446 e. The lowest BCUT2D eigenvalue weighted by Crippen LogP contribution is -2.32. The minimum absolute atomic E-state index is 0.00527. The Labute approximate surface area is 227 Å². The molecule has 10 nitrogen and oxygen atoms in total. The Bertz CT molecular complexity index is 617. The molecule has 0 aliphatic heterocycles. The Morgan fingerprint density at radius 1 is 0.526 bits per heavy atom. The van der Waals surface area contributed by atoms with Gasteiger partial charge in [-0.3, -0.25) is 0 Å². The van der Waals surface area contributed by atoms with Gasteiger partial charge in [-0.25, -0.2) is 9.59 Å². The molecule has 0 saturated carbocycles. The van der Waals surface area contributed by atoms with Crippen LogP contribution in [0.15, 0.2) is 24.3 Å². The van der Waals surface area contributed by atoms with Gasteiger partial charge in [0.25, 0.3) is 0 Å². The molecule has 2 aliphatic rings. The third-order valence-electron chi connectivity index (χ3n) is 6.13. The molecule has 10 heteroatoms. The zero-order valence-electron chi connectivity index (χ0n) is 22.9. The average molecular weight is 541 g/mol. The summed E-state index contributed by atoms with van der Waals surface area (Å²) in [5.41, 5.74) is 0. The Morgan fingerprint density at radius 3 is 1.32 bits per heavy atom. The van der Waals surface area contributed by atoms with Crippen LogP contribution < -0.4 is 10.6 Å². The summed E-state index contributed by atoms with van der Waals surface area (Å²) in [6, 6.07) is 0. The van der Waals surface area contributed by atoms with Crippen LogP contribution in [-0.2, 0) is 28.4 Å². The number of ether oxygens (including phenoxy) is 6. The quantitative estimate of drug-likeness (QED) is 0.208. The smallest absolute Gasteiger partial charge is 0.407 e. The van der Waals surface area contributed by atoms with Crippen molar-refractivity contribution in [2.24, 2.45) is 0 Å². The first kappa shape index (κ1) is 32.1. The predicted octanol–water partition coefficient (Wildman–Crippen LogP) is 4.28. The molecule has 0 saturated heterocycles. The number of carbonyl (C=O) groups is 2. The Morgan fingerprint density at radius 2 is 0.895 bits per heavy atom. The van der Waals surface area contributed by atoms with Crippen molar-refractivity contribution in [2.75, 3.05) is 65.9 Å². The van der Waals surface area contributed by atoms with E-state index in [4.69, 9.17) is 28.4 Å². The van der Waals surface area contributed by atoms with Crippen LogP contribution in [0.1, 0.15) is 64.2 Å². The minimum atomic E-state index is -0.377. The summed E-state index contributed by atoms with van der Waals surface area (Å²) in [7, 11) is 0. The zero-order chi connectivity index (χ0) is 26.9. The maximum atomic E-state index is 11.9. The summed E-state index contributed by atoms with van der Waals surface area (Å²) >= 11 is 0. The number of rotatable bonds is 17. The molecule has 0 radical (unpaired) electrons. The van der Waals surface area contributed by atoms with Crippen LogP contribution in [0, 0.1) is 0 Å². The highest BCUT2D eigenvalue weighted by Crippen LogP contribution is 2.16. The summed E-state index contributed by atoms with van der Waals surface area (Å²) in [5.74, 6) is 0. The van der Waals surface area contributed by atoms with E-state index in [1.54, 1.807) is 0 Å². The molecule has 0 spiro atoms. The van der Waals surface area contributed by atoms with Crippen LogP contribution in [-0.4, -0.2) is 90.3 Å². The van der Waals surface area contributed by atoms with Crippen molar-refractivity contribution in [1.82, 2.24) is 10.6 Å². The van der Waals surface area contributed by atoms with E-state index in [0.29, 0.717) is 65.9 Å². The molecule has 0 aromatic rings. The second-order valence-electron chi connectivity index (χ2n) is 9.32. The number of amides is 2. The molecule has 0 fully saturated rings. The fourth-order valence-corrected chi connectivity index (χ4v) is 4.09. The second kappa shape index (κ2) is 22.8. The Kier molecular flexibility index (Phi) is 19.3. The monoisotopic (exact) mass is 540 g/mol. The number of carbonyl (C=O) groups excluding carboxylic acids is 2. The van der Waals surface area contributed by atoms with E-state index in [9.17, 15) is 9.59 Å². The first-order valence-corrected chi connectivity index (χ1v) is 14.2. The molecule has 218 valence electrons. The molecule has 0 aromatic carbocycles. The Balaban J connectivity index is 1.27. The van der Waals surface area contributed by atoms with E-state index in [0.717, 1.165) is 64.2 Å². The van der Waals surface area contributed by atoms with Gasteiger partial charge < -0.3 is 39.1 Å². The standard InChI is InChI=1S/C28H48N2O8/c31-27(37-25-11-7-3-1-4-8-12-25)29-15-17-33-19-21-35-23-24-36-22-20-34-18-16-30-28(32)38-26-13-9-5-2-6-10-14-26/h1-3,5,25-26H,4,6-24H2,(H,29,31)(H,30,32). The lowest BCUT2D eigenvalue weighted by molar-refractivity contribution is -0.00139. The van der Waals surface area contributed by atoms with Crippen LogP contribution in [0.3, 0.4) is 0 Å². The van der Waals surface area contributed by atoms with E-state index in [1.165, 1.54) is 0 Å². The van der Waals surface area contributed by atoms with Gasteiger partial charge in [-0.1, -0.05) is 24.3 Å². The molecular formula is C28H48N2O8. The first-order valence-electron chi connectivity index (χ1n) is 14.2. The van der Waals surface area contributed by atoms with Crippen LogP contribution in [0.5, 0.6) is 0 Å². The molecule has 0 heterocycles. The maximum absolute atomic E-state index is 11.9. The summed E-state index contributed by atoms with van der Waals surface area (Å²) in [6.45, 7) is 4.37. The molecule has 2 aliphatic carbocycles. The largest absolute Gasteiger partial charge is 0.446 e. The van der Waals surface area contributed by atoms with E-state index in [2.05, 4.69) is 34.9 Å². The van der Waals surface area contributed by atoms with Gasteiger partial charge in [0, 0.05) is 13.1 Å². The summed E-state index contributed by atoms with van der Waals surface area (Å²) in [4.78, 5) is 23.8. The van der Waals surface area contributed by atoms with Gasteiger partial charge in [0.1, 0.15) is 12.2 Å². The van der Waals surface area contributed by atoms with Crippen LogP contribution in [0.4, 0.5) is 9.59 Å². The number of hydrogen-bond donors (Lipinski definition) is 2. The lowest BCUT2D eigenvalue weighted by atomic mass is 10.0. The molecule has 0 bridgehead atoms. The number of allylic oxidation sites excluding steroid dienone is 4. The van der Waals surface area contributed by atoms with Crippen LogP contribution in [0.25, 0.3) is 0 Å². The van der Waals surface area contributed by atoms with Crippen LogP contribution in [0.2, 0.25) is 0 Å². The van der Waals surface area contributed by atoms with Crippen molar-refractivity contribution in [3.8, 4) is 0 Å². The summed E-state index contributed by atoms with van der Waals surface area (Å²) in [5, 5.41) is 5.46. The molecule has 2 N–H and O–H groups in total. The van der Waals surface area contributed by atoms with Gasteiger partial charge in [-0.05, 0) is 64.2 Å². The van der Waals surface area contributed by atoms with Gasteiger partial charge in [0.2, 0.25) is 0 Å². The fourth-order valence-electron chi connectivity index (χ4n) is 4.09. The molecule has 2 amide bonds. The molecule has 2 unspecified atom stereocenters. The van der Waals surface area contributed by atoms with Gasteiger partial charge in [0.15, 0.2) is 0 Å². The third-order valence-corrected chi connectivity index (χ3v) is 6.13. The topological polar surface area (TPSA) is 114 Å². The lowest BCUT2D eigenvalue weighted by Gasteiger charge is -2.18. The van der Waals surface area contributed by atoms with Gasteiger partial charge in [-0.15, -0.1) is 0 Å². The Hall–Kier alpha value is -2.14. The summed E-state index contributed by atoms with van der Waals surface area (Å²) < 4.78 is 32.8. The zero-order valence-corrected chi connectivity index (χ0v) is 22.9. The van der Waals surface area contributed by atoms with Gasteiger partial charge in [0.05, 0.1) is 52.9 Å². The van der Waals surface area contributed by atoms with E-state index >= 15 is 0 Å². The highest BCUT2D eigenvalue weighted by molar-refractivity contribution is 5.67. The fraction of sp³-hybridized carbons (Fsp3) is 0.786. The molecule has 2 atom stereocenters. The van der Waals surface area contributed by atoms with Crippen molar-refractivity contribution in [3.63, 3.8) is 0 Å². The van der Waals surface area contributed by atoms with E-state index in [-0.39, 0.29) is 24.4 Å². The maximum Gasteiger partial charge on any atom is 0.407 e. The molecule has 38 heavy (non-hydrogen) atoms. The van der Waals surface area contributed by atoms with Crippen molar-refractivity contribution in [2.45, 2.75) is 76.4 Å². The SMILES string of the molecule is O=C(NCCOCCOCCOCCOCCNC(=O)OC1CCC=CCCC1)OC1CCC=CCCC1. The van der Waals surface area contributed by atoms with Crippen molar-refractivity contribution < 1.29 is 38.0 Å². The van der Waals surface area contributed by atoms with Crippen LogP contribution >= 0.6 is 0 Å². The second-order valence-corrected chi connectivity index (χ2v) is 9.32. The normalized spacial score (nSPS) is 20.0.